The van der Waals surface area contributed by atoms with Gasteiger partial charge in [-0.15, -0.1) is 0 Å². The number of rotatable bonds is 5. The highest BCUT2D eigenvalue weighted by Gasteiger charge is 2.24. The third-order valence-electron chi connectivity index (χ3n) is 5.31. The topological polar surface area (TPSA) is 79.2 Å². The minimum Gasteiger partial charge on any atom is -0.355 e. The van der Waals surface area contributed by atoms with Gasteiger partial charge in [0.15, 0.2) is 17.0 Å². The van der Waals surface area contributed by atoms with Gasteiger partial charge in [-0.2, -0.15) is 0 Å². The smallest absolute Gasteiger partial charge is 0.216 e. The molecule has 4 rings (SSSR count). The fourth-order valence-electron chi connectivity index (χ4n) is 3.73. The van der Waals surface area contributed by atoms with Crippen molar-refractivity contribution in [2.75, 3.05) is 44.7 Å². The van der Waals surface area contributed by atoms with Crippen LogP contribution in [0, 0.1) is 6.92 Å². The molecule has 0 unspecified atom stereocenters. The Balaban J connectivity index is 1.85. The van der Waals surface area contributed by atoms with Crippen LogP contribution >= 0.6 is 11.6 Å². The van der Waals surface area contributed by atoms with Gasteiger partial charge in [0.2, 0.25) is 5.91 Å². The van der Waals surface area contributed by atoms with Crippen LogP contribution in [0.5, 0.6) is 0 Å². The van der Waals surface area contributed by atoms with E-state index < -0.39 is 0 Å². The van der Waals surface area contributed by atoms with Gasteiger partial charge in [-0.05, 0) is 26.1 Å². The molecule has 0 aliphatic carbocycles. The summed E-state index contributed by atoms with van der Waals surface area (Å²) in [6.07, 6.45) is 0. The molecule has 0 spiro atoms. The predicted molar refractivity (Wildman–Crippen MR) is 119 cm³/mol. The number of hydrogen-bond donors (Lipinski definition) is 1. The number of likely N-dealkylation sites (N-methyl/N-ethyl adjacent to an activating group) is 1. The van der Waals surface area contributed by atoms with Crippen molar-refractivity contribution in [2.24, 2.45) is 0 Å². The van der Waals surface area contributed by atoms with Gasteiger partial charge in [0.05, 0.1) is 5.02 Å². The molecule has 1 fully saturated rings. The fraction of sp³-hybridized carbons (Fsp3) is 0.429. The summed E-state index contributed by atoms with van der Waals surface area (Å²) in [5, 5.41) is 3.48. The molecule has 9 heteroatoms. The molecule has 1 aliphatic heterocycles. The normalized spacial score (nSPS) is 15.0. The maximum Gasteiger partial charge on any atom is 0.216 e. The molecule has 1 amide bonds. The zero-order valence-electron chi connectivity index (χ0n) is 17.5. The molecule has 1 saturated heterocycles. The first-order chi connectivity index (χ1) is 14.4. The summed E-state index contributed by atoms with van der Waals surface area (Å²) in [5.74, 6) is 2.22. The number of imidazole rings is 1. The van der Waals surface area contributed by atoms with E-state index in [2.05, 4.69) is 22.2 Å². The molecule has 1 N–H and O–H groups in total. The minimum atomic E-state index is -0.0670. The van der Waals surface area contributed by atoms with Crippen molar-refractivity contribution in [3.05, 3.63) is 35.1 Å². The van der Waals surface area contributed by atoms with E-state index in [-0.39, 0.29) is 5.91 Å². The Hall–Kier alpha value is -2.71. The zero-order valence-corrected chi connectivity index (χ0v) is 18.3. The molecule has 8 nitrogen and oxygen atoms in total. The molecule has 1 aliphatic rings. The van der Waals surface area contributed by atoms with Crippen LogP contribution in [0.1, 0.15) is 12.7 Å². The molecule has 0 radical (unpaired) electrons. The van der Waals surface area contributed by atoms with Crippen molar-refractivity contribution in [1.29, 1.82) is 0 Å². The summed E-state index contributed by atoms with van der Waals surface area (Å²) >= 11 is 6.50. The quantitative estimate of drug-likeness (QED) is 0.673. The van der Waals surface area contributed by atoms with E-state index >= 15 is 0 Å². The van der Waals surface area contributed by atoms with Crippen molar-refractivity contribution in [2.45, 2.75) is 20.4 Å². The van der Waals surface area contributed by atoms with Gasteiger partial charge in [-0.1, -0.05) is 23.7 Å². The number of aromatic nitrogens is 4. The summed E-state index contributed by atoms with van der Waals surface area (Å²) in [7, 11) is 2.13. The molecule has 3 aromatic rings. The Morgan fingerprint density at radius 2 is 1.87 bits per heavy atom. The Morgan fingerprint density at radius 1 is 1.13 bits per heavy atom. The lowest BCUT2D eigenvalue weighted by Gasteiger charge is -2.33. The molecule has 30 heavy (non-hydrogen) atoms. The molecule has 3 heterocycles. The van der Waals surface area contributed by atoms with E-state index in [4.69, 9.17) is 26.6 Å². The molecule has 0 atom stereocenters. The highest BCUT2D eigenvalue weighted by atomic mass is 35.5. The second kappa shape index (κ2) is 8.57. The SMILES string of the molecule is CC(=O)NCCn1c(-c2ccccc2Cl)nc2c(N3CCN(C)CC3)nc(C)nc21. The van der Waals surface area contributed by atoms with Crippen LogP contribution in [0.3, 0.4) is 0 Å². The van der Waals surface area contributed by atoms with Gasteiger partial charge in [0, 0.05) is 51.8 Å². The summed E-state index contributed by atoms with van der Waals surface area (Å²) in [6.45, 7) is 8.17. The third kappa shape index (κ3) is 4.11. The van der Waals surface area contributed by atoms with Gasteiger partial charge in [-0.25, -0.2) is 15.0 Å². The van der Waals surface area contributed by atoms with E-state index in [0.717, 1.165) is 54.5 Å². The van der Waals surface area contributed by atoms with Gasteiger partial charge in [-0.3, -0.25) is 4.79 Å². The number of halogens is 1. The average molecular weight is 428 g/mol. The van der Waals surface area contributed by atoms with E-state index in [1.807, 2.05) is 35.8 Å². The Labute approximate surface area is 180 Å². The van der Waals surface area contributed by atoms with Crippen LogP contribution in [-0.2, 0) is 11.3 Å². The fourth-order valence-corrected chi connectivity index (χ4v) is 3.95. The number of benzene rings is 1. The maximum atomic E-state index is 11.4. The molecule has 158 valence electrons. The number of aryl methyl sites for hydroxylation is 1. The summed E-state index contributed by atoms with van der Waals surface area (Å²) < 4.78 is 2.03. The van der Waals surface area contributed by atoms with Gasteiger partial charge in [0.25, 0.3) is 0 Å². The lowest BCUT2D eigenvalue weighted by molar-refractivity contribution is -0.118. The number of anilines is 1. The zero-order chi connectivity index (χ0) is 21.3. The maximum absolute atomic E-state index is 11.4. The van der Waals surface area contributed by atoms with Crippen LogP contribution in [0.25, 0.3) is 22.6 Å². The highest BCUT2D eigenvalue weighted by molar-refractivity contribution is 6.33. The van der Waals surface area contributed by atoms with E-state index in [0.29, 0.717) is 23.9 Å². The second-order valence-electron chi connectivity index (χ2n) is 7.61. The number of amides is 1. The molecule has 2 aromatic heterocycles. The number of carbonyl (C=O) groups excluding carboxylic acids is 1. The van der Waals surface area contributed by atoms with E-state index in [1.165, 1.54) is 6.92 Å². The summed E-state index contributed by atoms with van der Waals surface area (Å²) in [4.78, 5) is 30.4. The number of piperazine rings is 1. The second-order valence-corrected chi connectivity index (χ2v) is 8.01. The summed E-state index contributed by atoms with van der Waals surface area (Å²) in [5.41, 5.74) is 2.36. The first kappa shape index (κ1) is 20.6. The third-order valence-corrected chi connectivity index (χ3v) is 5.64. The highest BCUT2D eigenvalue weighted by Crippen LogP contribution is 2.32. The van der Waals surface area contributed by atoms with Gasteiger partial charge < -0.3 is 19.7 Å². The van der Waals surface area contributed by atoms with E-state index in [9.17, 15) is 4.79 Å². The first-order valence-corrected chi connectivity index (χ1v) is 10.5. The predicted octanol–water partition coefficient (Wildman–Crippen LogP) is 2.34. The standard InChI is InChI=1S/C21H26ClN7O/c1-14-24-20(28-12-10-27(3)11-13-28)18-21(25-14)29(9-8-23-15(2)30)19(26-18)16-6-4-5-7-17(16)22/h4-7H,8-13H2,1-3H3,(H,23,30). The van der Waals surface area contributed by atoms with Gasteiger partial charge in [0.1, 0.15) is 11.6 Å². The lowest BCUT2D eigenvalue weighted by Crippen LogP contribution is -2.45. The number of carbonyl (C=O) groups is 1. The van der Waals surface area contributed by atoms with Crippen LogP contribution in [0.15, 0.2) is 24.3 Å². The number of nitrogens with zero attached hydrogens (tertiary/aromatic N) is 6. The molecule has 1 aromatic carbocycles. The Kier molecular flexibility index (Phi) is 5.87. The largest absolute Gasteiger partial charge is 0.355 e. The van der Waals surface area contributed by atoms with Crippen LogP contribution in [0.4, 0.5) is 5.82 Å². The van der Waals surface area contributed by atoms with Gasteiger partial charge >= 0.3 is 0 Å². The average Bonchev–Trinajstić information content (AvgIpc) is 3.06. The molecule has 0 saturated carbocycles. The minimum absolute atomic E-state index is 0.0670. The van der Waals surface area contributed by atoms with Crippen molar-refractivity contribution in [3.8, 4) is 11.4 Å². The van der Waals surface area contributed by atoms with Crippen LogP contribution in [-0.4, -0.2) is 70.1 Å². The molecular formula is C21H26ClN7O. The van der Waals surface area contributed by atoms with Crippen LogP contribution < -0.4 is 10.2 Å². The van der Waals surface area contributed by atoms with Crippen molar-refractivity contribution in [3.63, 3.8) is 0 Å². The Morgan fingerprint density at radius 3 is 2.57 bits per heavy atom. The number of nitrogens with one attached hydrogen (secondary N) is 1. The first-order valence-electron chi connectivity index (χ1n) is 10.1. The van der Waals surface area contributed by atoms with Crippen molar-refractivity contribution in [1.82, 2.24) is 29.7 Å². The Bertz CT molecular complexity index is 1070. The lowest BCUT2D eigenvalue weighted by atomic mass is 10.2. The number of fused-ring (bicyclic) bond motifs is 1. The number of hydrogen-bond acceptors (Lipinski definition) is 6. The van der Waals surface area contributed by atoms with Crippen molar-refractivity contribution >= 4 is 34.5 Å². The van der Waals surface area contributed by atoms with Crippen molar-refractivity contribution < 1.29 is 4.79 Å². The monoisotopic (exact) mass is 427 g/mol. The summed E-state index contributed by atoms with van der Waals surface area (Å²) in [6, 6.07) is 7.65. The molecular weight excluding hydrogens is 402 g/mol. The van der Waals surface area contributed by atoms with Crippen LogP contribution in [0.2, 0.25) is 5.02 Å². The molecule has 0 bridgehead atoms. The van der Waals surface area contributed by atoms with E-state index in [1.54, 1.807) is 0 Å².